The molecule has 5 aliphatic carbocycles. The number of allylic oxidation sites excluding steroid dienone is 1. The second kappa shape index (κ2) is 5.41. The van der Waals surface area contributed by atoms with Gasteiger partial charge in [-0.15, -0.1) is 0 Å². The normalized spacial score (nSPS) is 37.4. The van der Waals surface area contributed by atoms with Crippen LogP contribution in [0.4, 0.5) is 5.69 Å². The number of ketones is 1. The van der Waals surface area contributed by atoms with Crippen LogP contribution in [-0.4, -0.2) is 27.5 Å². The standard InChI is InChI=1S/C21H26N2O2/c1-2-18(24)16-11-22-17-5-3-4-15(17)20(16)23-19-13-6-12-7-14(19)10-21(25,8-12)9-13/h3-4,11-14,19,25H,2,5-10H2,1H3,(H,22,23)/t12?,13-,14+,19?,21?. The zero-order valence-corrected chi connectivity index (χ0v) is 14.8. The lowest BCUT2D eigenvalue weighted by atomic mass is 9.52. The fourth-order valence-electron chi connectivity index (χ4n) is 6.14. The average Bonchev–Trinajstić information content (AvgIpc) is 3.04. The van der Waals surface area contributed by atoms with Crippen molar-refractivity contribution in [3.8, 4) is 0 Å². The molecule has 5 atom stereocenters. The van der Waals surface area contributed by atoms with Gasteiger partial charge in [0, 0.05) is 30.6 Å². The maximum absolute atomic E-state index is 12.5. The molecule has 6 rings (SSSR count). The fourth-order valence-corrected chi connectivity index (χ4v) is 6.14. The van der Waals surface area contributed by atoms with Crippen LogP contribution >= 0.6 is 0 Å². The van der Waals surface area contributed by atoms with Gasteiger partial charge in [0.05, 0.1) is 22.5 Å². The minimum Gasteiger partial charge on any atom is -0.390 e. The smallest absolute Gasteiger partial charge is 0.166 e. The number of nitrogens with zero attached hydrogens (tertiary/aromatic N) is 1. The largest absolute Gasteiger partial charge is 0.390 e. The van der Waals surface area contributed by atoms with Crippen molar-refractivity contribution in [1.29, 1.82) is 0 Å². The lowest BCUT2D eigenvalue weighted by Gasteiger charge is -2.58. The van der Waals surface area contributed by atoms with Gasteiger partial charge in [0.25, 0.3) is 0 Å². The minimum atomic E-state index is -0.420. The Labute approximate surface area is 148 Å². The van der Waals surface area contributed by atoms with E-state index in [4.69, 9.17) is 0 Å². The van der Waals surface area contributed by atoms with Crippen molar-refractivity contribution >= 4 is 17.5 Å². The Morgan fingerprint density at radius 1 is 1.32 bits per heavy atom. The molecule has 4 saturated carbocycles. The summed E-state index contributed by atoms with van der Waals surface area (Å²) in [6.45, 7) is 1.91. The molecule has 25 heavy (non-hydrogen) atoms. The van der Waals surface area contributed by atoms with E-state index in [9.17, 15) is 9.90 Å². The first-order valence-corrected chi connectivity index (χ1v) is 9.77. The number of aromatic nitrogens is 1. The second-order valence-electron chi connectivity index (χ2n) is 8.65. The van der Waals surface area contributed by atoms with E-state index < -0.39 is 5.60 Å². The van der Waals surface area contributed by atoms with Crippen LogP contribution in [0.5, 0.6) is 0 Å². The maximum Gasteiger partial charge on any atom is 0.166 e. The van der Waals surface area contributed by atoms with Gasteiger partial charge >= 0.3 is 0 Å². The quantitative estimate of drug-likeness (QED) is 0.824. The zero-order valence-electron chi connectivity index (χ0n) is 14.8. The molecule has 5 aliphatic rings. The van der Waals surface area contributed by atoms with E-state index in [-0.39, 0.29) is 5.78 Å². The predicted octanol–water partition coefficient (Wildman–Crippen LogP) is 3.60. The molecule has 0 spiro atoms. The average molecular weight is 338 g/mol. The molecular weight excluding hydrogens is 312 g/mol. The number of rotatable bonds is 4. The Bertz CT molecular complexity index is 753. The Kier molecular flexibility index (Phi) is 3.37. The molecule has 0 saturated heterocycles. The van der Waals surface area contributed by atoms with Gasteiger partial charge in [-0.3, -0.25) is 9.78 Å². The molecule has 4 bridgehead atoms. The molecule has 4 nitrogen and oxygen atoms in total. The Hall–Kier alpha value is -1.68. The molecule has 0 amide bonds. The highest BCUT2D eigenvalue weighted by atomic mass is 16.3. The fraction of sp³-hybridized carbons (Fsp3) is 0.619. The van der Waals surface area contributed by atoms with Crippen LogP contribution in [0.15, 0.2) is 12.3 Å². The molecule has 1 heterocycles. The van der Waals surface area contributed by atoms with Gasteiger partial charge < -0.3 is 10.4 Å². The minimum absolute atomic E-state index is 0.153. The van der Waals surface area contributed by atoms with Gasteiger partial charge in [-0.1, -0.05) is 19.1 Å². The van der Waals surface area contributed by atoms with Crippen molar-refractivity contribution in [2.75, 3.05) is 5.32 Å². The number of pyridine rings is 1. The van der Waals surface area contributed by atoms with Crippen LogP contribution in [0, 0.1) is 17.8 Å². The number of anilines is 1. The molecule has 4 fully saturated rings. The first kappa shape index (κ1) is 15.6. The van der Waals surface area contributed by atoms with Gasteiger partial charge in [-0.2, -0.15) is 0 Å². The van der Waals surface area contributed by atoms with Gasteiger partial charge in [-0.25, -0.2) is 0 Å². The van der Waals surface area contributed by atoms with Crippen LogP contribution in [-0.2, 0) is 6.42 Å². The summed E-state index contributed by atoms with van der Waals surface area (Å²) in [7, 11) is 0. The molecule has 0 radical (unpaired) electrons. The zero-order chi connectivity index (χ0) is 17.2. The highest BCUT2D eigenvalue weighted by molar-refractivity contribution is 6.02. The van der Waals surface area contributed by atoms with Crippen LogP contribution in [0.2, 0.25) is 0 Å². The van der Waals surface area contributed by atoms with Crippen molar-refractivity contribution in [1.82, 2.24) is 4.98 Å². The van der Waals surface area contributed by atoms with E-state index in [1.54, 1.807) is 6.20 Å². The predicted molar refractivity (Wildman–Crippen MR) is 97.5 cm³/mol. The van der Waals surface area contributed by atoms with Crippen LogP contribution in [0.3, 0.4) is 0 Å². The topological polar surface area (TPSA) is 62.2 Å². The third-order valence-corrected chi connectivity index (χ3v) is 6.97. The second-order valence-corrected chi connectivity index (χ2v) is 8.65. The number of aliphatic hydroxyl groups is 1. The van der Waals surface area contributed by atoms with Crippen molar-refractivity contribution in [2.24, 2.45) is 17.8 Å². The summed E-state index contributed by atoms with van der Waals surface area (Å²) in [5.74, 6) is 1.89. The van der Waals surface area contributed by atoms with Gasteiger partial charge in [0.15, 0.2) is 5.78 Å². The highest BCUT2D eigenvalue weighted by Crippen LogP contribution is 2.56. The summed E-state index contributed by atoms with van der Waals surface area (Å²) in [5, 5.41) is 14.6. The van der Waals surface area contributed by atoms with E-state index >= 15 is 0 Å². The summed E-state index contributed by atoms with van der Waals surface area (Å²) in [4.78, 5) is 17.0. The summed E-state index contributed by atoms with van der Waals surface area (Å²) in [5.41, 5.74) is 3.48. The third-order valence-electron chi connectivity index (χ3n) is 6.97. The van der Waals surface area contributed by atoms with Gasteiger partial charge in [-0.05, 0) is 49.9 Å². The van der Waals surface area contributed by atoms with Crippen LogP contribution < -0.4 is 5.32 Å². The van der Waals surface area contributed by atoms with Gasteiger partial charge in [0.1, 0.15) is 0 Å². The molecule has 132 valence electrons. The number of Topliss-reactive ketones (excluding diaryl/α,β-unsaturated/α-hetero) is 1. The Balaban J connectivity index is 1.51. The van der Waals surface area contributed by atoms with E-state index in [0.717, 1.165) is 48.2 Å². The summed E-state index contributed by atoms with van der Waals surface area (Å²) < 4.78 is 0. The summed E-state index contributed by atoms with van der Waals surface area (Å²) in [6.07, 6.45) is 12.6. The monoisotopic (exact) mass is 338 g/mol. The number of carbonyl (C=O) groups excluding carboxylic acids is 1. The third kappa shape index (κ3) is 2.37. The first-order chi connectivity index (χ1) is 12.1. The van der Waals surface area contributed by atoms with E-state index in [2.05, 4.69) is 22.5 Å². The van der Waals surface area contributed by atoms with E-state index in [0.29, 0.717) is 30.2 Å². The lowest BCUT2D eigenvalue weighted by molar-refractivity contribution is -0.129. The number of nitrogens with one attached hydrogen (secondary N) is 1. The van der Waals surface area contributed by atoms with Crippen molar-refractivity contribution in [3.63, 3.8) is 0 Å². The van der Waals surface area contributed by atoms with Crippen LogP contribution in [0.25, 0.3) is 6.08 Å². The van der Waals surface area contributed by atoms with Crippen molar-refractivity contribution in [3.05, 3.63) is 29.1 Å². The lowest BCUT2D eigenvalue weighted by Crippen LogP contribution is -2.59. The molecule has 2 N–H and O–H groups in total. The first-order valence-electron chi connectivity index (χ1n) is 9.77. The molecule has 4 heteroatoms. The molecule has 0 aromatic carbocycles. The maximum atomic E-state index is 12.5. The SMILES string of the molecule is CCC(=O)c1cnc2c(c1NC1[C@@H]3CC4C[C@H]1CC(O)(C4)C3)C=CC2. The van der Waals surface area contributed by atoms with Crippen molar-refractivity contribution in [2.45, 2.75) is 63.5 Å². The summed E-state index contributed by atoms with van der Waals surface area (Å²) in [6, 6.07) is 0.376. The molecule has 1 aromatic rings. The Morgan fingerprint density at radius 2 is 2.08 bits per heavy atom. The summed E-state index contributed by atoms with van der Waals surface area (Å²) >= 11 is 0. The van der Waals surface area contributed by atoms with E-state index in [1.807, 2.05) is 6.92 Å². The van der Waals surface area contributed by atoms with E-state index in [1.165, 1.54) is 12.8 Å². The molecule has 3 unspecified atom stereocenters. The number of hydrogen-bond donors (Lipinski definition) is 2. The molecular formula is C21H26N2O2. The van der Waals surface area contributed by atoms with Crippen LogP contribution in [0.1, 0.15) is 67.1 Å². The molecule has 0 aliphatic heterocycles. The number of fused-ring (bicyclic) bond motifs is 1. The highest BCUT2D eigenvalue weighted by Gasteiger charge is 2.54. The van der Waals surface area contributed by atoms with Gasteiger partial charge in [0.2, 0.25) is 0 Å². The van der Waals surface area contributed by atoms with Crippen molar-refractivity contribution < 1.29 is 9.90 Å². The number of hydrogen-bond acceptors (Lipinski definition) is 4. The molecule has 1 aromatic heterocycles. The number of carbonyl (C=O) groups is 1. The Morgan fingerprint density at radius 3 is 2.76 bits per heavy atom.